The van der Waals surface area contributed by atoms with E-state index in [1.165, 1.54) is 18.3 Å². The Labute approximate surface area is 415 Å². The number of aromatic nitrogens is 3. The molecule has 71 heavy (non-hydrogen) atoms. The monoisotopic (exact) mass is 1070 g/mol. The first-order valence-corrected chi connectivity index (χ1v) is 26.0. The van der Waals surface area contributed by atoms with E-state index in [-0.39, 0.29) is 58.6 Å². The number of fused-ring (bicyclic) bond motifs is 1. The zero-order valence-electron chi connectivity index (χ0n) is 39.1. The van der Waals surface area contributed by atoms with Gasteiger partial charge in [0.1, 0.15) is 23.2 Å². The maximum Gasteiger partial charge on any atom is 0.417 e. The Morgan fingerprint density at radius 3 is 2.27 bits per heavy atom. The Bertz CT molecular complexity index is 2990. The second kappa shape index (κ2) is 19.9. The lowest BCUT2D eigenvalue weighted by molar-refractivity contribution is -0.137. The summed E-state index contributed by atoms with van der Waals surface area (Å²) in [6.45, 7) is 7.08. The summed E-state index contributed by atoms with van der Waals surface area (Å²) in [4.78, 5) is 55.1. The number of rotatable bonds is 12. The summed E-state index contributed by atoms with van der Waals surface area (Å²) in [5.41, 5.74) is 1.55. The van der Waals surface area contributed by atoms with Gasteiger partial charge in [-0.25, -0.2) is 26.2 Å². The number of aryl methyl sites for hydroxylation is 1. The van der Waals surface area contributed by atoms with Crippen LogP contribution in [0.5, 0.6) is 5.75 Å². The molecular weight excluding hydrogens is 1020 g/mol. The number of benzene rings is 3. The van der Waals surface area contributed by atoms with E-state index < -0.39 is 51.1 Å². The quantitative estimate of drug-likeness (QED) is 0.0828. The highest BCUT2D eigenvalue weighted by Gasteiger charge is 2.38. The molecule has 0 aliphatic carbocycles. The van der Waals surface area contributed by atoms with Gasteiger partial charge >= 0.3 is 6.18 Å². The number of carbonyl (C=O) groups excluding carboxylic acids is 3. The van der Waals surface area contributed by atoms with E-state index in [1.54, 1.807) is 12.0 Å². The van der Waals surface area contributed by atoms with Crippen molar-refractivity contribution in [2.24, 2.45) is 5.92 Å². The molecule has 6 heterocycles. The molecule has 0 unspecified atom stereocenters. The molecule has 5 aromatic rings. The van der Waals surface area contributed by atoms with Crippen molar-refractivity contribution in [1.82, 2.24) is 29.1 Å². The third-order valence-electron chi connectivity index (χ3n) is 14.0. The maximum atomic E-state index is 15.3. The van der Waals surface area contributed by atoms with Crippen LogP contribution in [0.3, 0.4) is 0 Å². The molecule has 4 aliphatic heterocycles. The number of hydrogen-bond acceptors (Lipinski definition) is 13. The molecule has 16 nitrogen and oxygen atoms in total. The van der Waals surface area contributed by atoms with E-state index in [4.69, 9.17) is 4.74 Å². The molecule has 0 bridgehead atoms. The van der Waals surface area contributed by atoms with Gasteiger partial charge in [-0.05, 0) is 90.0 Å². The van der Waals surface area contributed by atoms with Gasteiger partial charge in [0, 0.05) is 106 Å². The Hall–Kier alpha value is -6.07. The summed E-state index contributed by atoms with van der Waals surface area (Å²) in [5, 5.41) is 8.09. The van der Waals surface area contributed by atoms with Crippen LogP contribution in [-0.2, 0) is 37.0 Å². The van der Waals surface area contributed by atoms with Gasteiger partial charge in [0.05, 0.1) is 52.1 Å². The van der Waals surface area contributed by atoms with Crippen molar-refractivity contribution in [3.05, 3.63) is 87.7 Å². The van der Waals surface area contributed by atoms with Crippen LogP contribution >= 0.6 is 15.9 Å². The lowest BCUT2D eigenvalue weighted by atomic mass is 9.89. The summed E-state index contributed by atoms with van der Waals surface area (Å²) < 4.78 is 105. The third-order valence-corrected chi connectivity index (χ3v) is 15.6. The molecule has 378 valence electrons. The van der Waals surface area contributed by atoms with Gasteiger partial charge in [-0.2, -0.15) is 18.2 Å². The van der Waals surface area contributed by atoms with Crippen LogP contribution < -0.4 is 30.5 Å². The van der Waals surface area contributed by atoms with E-state index in [0.717, 1.165) is 84.9 Å². The van der Waals surface area contributed by atoms with Crippen molar-refractivity contribution in [1.29, 1.82) is 0 Å². The summed E-state index contributed by atoms with van der Waals surface area (Å²) in [5.74, 6) is -3.39. The van der Waals surface area contributed by atoms with Crippen LogP contribution in [0.1, 0.15) is 61.6 Å². The Morgan fingerprint density at radius 2 is 1.62 bits per heavy atom. The molecule has 23 heteroatoms. The van der Waals surface area contributed by atoms with E-state index in [2.05, 4.69) is 58.6 Å². The van der Waals surface area contributed by atoms with Crippen molar-refractivity contribution in [2.75, 3.05) is 86.2 Å². The second-order valence-electron chi connectivity index (χ2n) is 18.3. The van der Waals surface area contributed by atoms with Gasteiger partial charge in [0.15, 0.2) is 0 Å². The largest absolute Gasteiger partial charge is 0.494 e. The van der Waals surface area contributed by atoms with E-state index in [9.17, 15) is 36.0 Å². The highest BCUT2D eigenvalue weighted by atomic mass is 79.9. The van der Waals surface area contributed by atoms with Crippen molar-refractivity contribution in [3.8, 4) is 5.75 Å². The molecule has 4 aliphatic rings. The Morgan fingerprint density at radius 1 is 0.915 bits per heavy atom. The van der Waals surface area contributed by atoms with Gasteiger partial charge in [-0.1, -0.05) is 6.92 Å². The average molecular weight is 1070 g/mol. The zero-order valence-corrected chi connectivity index (χ0v) is 41.5. The number of ether oxygens (including phenoxy) is 1. The predicted molar refractivity (Wildman–Crippen MR) is 261 cm³/mol. The van der Waals surface area contributed by atoms with Crippen LogP contribution in [0.25, 0.3) is 10.9 Å². The normalized spacial score (nSPS) is 19.6. The lowest BCUT2D eigenvalue weighted by Gasteiger charge is -2.44. The number of hydrogen-bond donors (Lipinski definition) is 3. The number of anilines is 6. The van der Waals surface area contributed by atoms with Crippen LogP contribution in [0, 0.1) is 17.6 Å². The number of alkyl halides is 3. The van der Waals surface area contributed by atoms with E-state index >= 15 is 8.78 Å². The molecule has 0 spiro atoms. The fourth-order valence-electron chi connectivity index (χ4n) is 10.4. The van der Waals surface area contributed by atoms with Crippen LogP contribution in [0.15, 0.2) is 59.3 Å². The van der Waals surface area contributed by atoms with E-state index in [0.29, 0.717) is 66.7 Å². The number of nitrogens with zero attached hydrogens (tertiary/aromatic N) is 7. The second-order valence-corrected chi connectivity index (χ2v) is 21.0. The molecule has 4 fully saturated rings. The number of piperazine rings is 1. The fourth-order valence-corrected chi connectivity index (χ4v) is 11.5. The van der Waals surface area contributed by atoms with Crippen molar-refractivity contribution in [3.63, 3.8) is 0 Å². The first-order valence-electron chi connectivity index (χ1n) is 23.4. The highest BCUT2D eigenvalue weighted by Crippen LogP contribution is 2.42. The molecule has 3 N–H and O–H groups in total. The number of nitrogens with one attached hydrogen (secondary N) is 3. The minimum absolute atomic E-state index is 0.00656. The van der Waals surface area contributed by atoms with Gasteiger partial charge in [0.25, 0.3) is 0 Å². The van der Waals surface area contributed by atoms with E-state index in [1.807, 2.05) is 17.0 Å². The summed E-state index contributed by atoms with van der Waals surface area (Å²) in [7, 11) is -2.42. The first-order chi connectivity index (χ1) is 33.8. The summed E-state index contributed by atoms with van der Waals surface area (Å²) in [6, 6.07) is 9.89. The number of carbonyl (C=O) groups is 3. The molecule has 3 amide bonds. The molecule has 0 saturated carbocycles. The van der Waals surface area contributed by atoms with Crippen molar-refractivity contribution in [2.45, 2.75) is 63.6 Å². The van der Waals surface area contributed by atoms with Gasteiger partial charge in [0.2, 0.25) is 33.7 Å². The molecule has 9 rings (SSSR count). The highest BCUT2D eigenvalue weighted by molar-refractivity contribution is 9.10. The molecule has 2 aromatic heterocycles. The minimum atomic E-state index is -4.72. The summed E-state index contributed by atoms with van der Waals surface area (Å²) >= 11 is 3.41. The SMILES string of the molecule is CCc1cc(Nc2ncc(Br)c(Nc3ccc(C(F)(F)F)c4ccn(S(C)(=O)=O)c34)n2)c(OC)cc1N1CCC(N2CCN(C(=O)[C@@H]3CCN(c4cc(F)c([C@H]5CCC(=O)NC5=O)c(F)c4)C3)CC2)CC1. The Kier molecular flexibility index (Phi) is 14.0. The topological polar surface area (TPSA) is 174 Å². The van der Waals surface area contributed by atoms with Crippen LogP contribution in [-0.4, -0.2) is 122 Å². The number of imide groups is 1. The van der Waals surface area contributed by atoms with Crippen LogP contribution in [0.4, 0.5) is 56.5 Å². The third kappa shape index (κ3) is 10.2. The number of halogens is 6. The standard InChI is InChI=1S/C48H52BrF5N10O6S/c1-4-27-21-38(57-47-55-25-34(49)44(59-47)56-37-7-6-33(48(52,53)54)31-12-16-64(43(31)37)71(3,68)69)40(70-2)24-39(27)61-14-10-29(11-15-61)60-17-19-62(20-18-60)46(67)28-9-13-63(26-28)30-22-35(50)42(36(51)23-30)32-5-8-41(65)58-45(32)66/h6-7,12,16,21-25,28-29,32H,4-5,8-11,13-15,17-20,26H2,1-3H3,(H,58,65,66)(H2,55,56,57,59)/t28-,32-/m1/s1. The average Bonchev–Trinajstić information content (AvgIpc) is 4.02. The zero-order chi connectivity index (χ0) is 50.5. The van der Waals surface area contributed by atoms with Gasteiger partial charge in [-0.3, -0.25) is 24.6 Å². The predicted octanol–water partition coefficient (Wildman–Crippen LogP) is 7.52. The number of methoxy groups -OCH3 is 1. The molecule has 2 atom stereocenters. The fraction of sp³-hybridized carbons (Fsp3) is 0.438. The van der Waals surface area contributed by atoms with Crippen molar-refractivity contribution >= 4 is 89.1 Å². The first kappa shape index (κ1) is 49.9. The smallest absolute Gasteiger partial charge is 0.417 e. The molecular formula is C48H52BrF5N10O6S. The Balaban J connectivity index is 0.804. The van der Waals surface area contributed by atoms with Gasteiger partial charge < -0.3 is 30.1 Å². The molecule has 0 radical (unpaired) electrons. The van der Waals surface area contributed by atoms with Crippen molar-refractivity contribution < 1.29 is 49.5 Å². The number of amides is 3. The molecule has 4 saturated heterocycles. The minimum Gasteiger partial charge on any atom is -0.494 e. The van der Waals surface area contributed by atoms with Gasteiger partial charge in [-0.15, -0.1) is 0 Å². The lowest BCUT2D eigenvalue weighted by Crippen LogP contribution is -2.55. The summed E-state index contributed by atoms with van der Waals surface area (Å²) in [6.07, 6.45) is 1.85. The number of piperidine rings is 2. The molecule has 3 aromatic carbocycles. The maximum absolute atomic E-state index is 15.3. The van der Waals surface area contributed by atoms with Crippen LogP contribution in [0.2, 0.25) is 0 Å².